The summed E-state index contributed by atoms with van der Waals surface area (Å²) in [6.45, 7) is 1.24. The van der Waals surface area contributed by atoms with Gasteiger partial charge in [-0.15, -0.1) is 23.2 Å². The third kappa shape index (κ3) is 4.16. The summed E-state index contributed by atoms with van der Waals surface area (Å²) >= 11 is 11.0. The number of rotatable bonds is 3. The van der Waals surface area contributed by atoms with E-state index in [9.17, 15) is 4.79 Å². The van der Waals surface area contributed by atoms with Crippen LogP contribution in [0.1, 0.15) is 19.3 Å². The number of halogens is 2. The van der Waals surface area contributed by atoms with E-state index >= 15 is 0 Å². The highest BCUT2D eigenvalue weighted by atomic mass is 35.5. The molecule has 1 aliphatic rings. The molecule has 1 atom stereocenters. The maximum absolute atomic E-state index is 11.4. The Hall–Kier alpha value is 0.01000. The molecule has 0 aliphatic carbocycles. The van der Waals surface area contributed by atoms with Gasteiger partial charge in [-0.25, -0.2) is 0 Å². The van der Waals surface area contributed by atoms with Crippen LogP contribution in [-0.4, -0.2) is 29.9 Å². The predicted octanol–water partition coefficient (Wildman–Crippen LogP) is 1.05. The van der Waals surface area contributed by atoms with Crippen molar-refractivity contribution in [1.29, 1.82) is 0 Å². The fourth-order valence-electron chi connectivity index (χ4n) is 1.38. The van der Waals surface area contributed by atoms with E-state index in [4.69, 9.17) is 23.2 Å². The van der Waals surface area contributed by atoms with Crippen LogP contribution in [0.4, 0.5) is 0 Å². The molecule has 0 aromatic rings. The van der Waals surface area contributed by atoms with Gasteiger partial charge in [-0.1, -0.05) is 6.42 Å². The Kier molecular flexibility index (Phi) is 4.84. The minimum absolute atomic E-state index is 0.00556. The van der Waals surface area contributed by atoms with Gasteiger partial charge in [0.2, 0.25) is 5.91 Å². The van der Waals surface area contributed by atoms with Gasteiger partial charge in [0.15, 0.2) is 0 Å². The summed E-state index contributed by atoms with van der Waals surface area (Å²) in [5.41, 5.74) is 0. The van der Waals surface area contributed by atoms with Crippen LogP contribution < -0.4 is 10.6 Å². The van der Waals surface area contributed by atoms with Crippen molar-refractivity contribution in [3.05, 3.63) is 0 Å². The smallest absolute Gasteiger partial charge is 0.237 e. The Morgan fingerprint density at radius 3 is 2.85 bits per heavy atom. The molecule has 1 amide bonds. The van der Waals surface area contributed by atoms with E-state index in [0.717, 1.165) is 25.8 Å². The third-order valence-electron chi connectivity index (χ3n) is 2.06. The van der Waals surface area contributed by atoms with Crippen molar-refractivity contribution in [2.45, 2.75) is 30.1 Å². The average molecular weight is 225 g/mol. The van der Waals surface area contributed by atoms with E-state index in [1.165, 1.54) is 0 Å². The molecule has 0 saturated carbocycles. The lowest BCUT2D eigenvalue weighted by Gasteiger charge is -2.22. The Bertz CT molecular complexity index is 170. The molecule has 0 unspecified atom stereocenters. The molecule has 0 aromatic heterocycles. The van der Waals surface area contributed by atoms with E-state index < -0.39 is 4.84 Å². The first-order valence-corrected chi connectivity index (χ1v) is 5.36. The first-order valence-electron chi connectivity index (χ1n) is 4.49. The highest BCUT2D eigenvalue weighted by Gasteiger charge is 2.20. The topological polar surface area (TPSA) is 41.1 Å². The van der Waals surface area contributed by atoms with Gasteiger partial charge in [0.25, 0.3) is 0 Å². The second-order valence-electron chi connectivity index (χ2n) is 3.14. The molecule has 1 fully saturated rings. The zero-order chi connectivity index (χ0) is 9.68. The molecule has 0 spiro atoms. The lowest BCUT2D eigenvalue weighted by molar-refractivity contribution is -0.123. The Labute approximate surface area is 88.2 Å². The third-order valence-corrected chi connectivity index (χ3v) is 2.37. The van der Waals surface area contributed by atoms with E-state index in [-0.39, 0.29) is 11.9 Å². The summed E-state index contributed by atoms with van der Waals surface area (Å²) in [6.07, 6.45) is 3.16. The number of carbonyl (C=O) groups is 1. The summed E-state index contributed by atoms with van der Waals surface area (Å²) in [6, 6.07) is -0.0548. The molecule has 0 aromatic carbocycles. The van der Waals surface area contributed by atoms with Gasteiger partial charge in [-0.3, -0.25) is 4.79 Å². The normalized spacial score (nSPS) is 23.2. The van der Waals surface area contributed by atoms with Crippen LogP contribution in [0.2, 0.25) is 0 Å². The number of alkyl halides is 2. The molecular weight excluding hydrogens is 211 g/mol. The van der Waals surface area contributed by atoms with E-state index in [2.05, 4.69) is 10.6 Å². The molecule has 1 saturated heterocycles. The highest BCUT2D eigenvalue weighted by molar-refractivity contribution is 6.44. The van der Waals surface area contributed by atoms with Crippen molar-refractivity contribution in [3.63, 3.8) is 0 Å². The summed E-state index contributed by atoms with van der Waals surface area (Å²) < 4.78 is 0. The van der Waals surface area contributed by atoms with Crippen LogP contribution in [0.5, 0.6) is 0 Å². The number of amides is 1. The molecule has 1 heterocycles. The lowest BCUT2D eigenvalue weighted by Crippen LogP contribution is -2.47. The summed E-state index contributed by atoms with van der Waals surface area (Å²) in [5, 5.41) is 5.83. The number of hydrogen-bond donors (Lipinski definition) is 2. The molecule has 3 nitrogen and oxygen atoms in total. The monoisotopic (exact) mass is 224 g/mol. The van der Waals surface area contributed by atoms with Crippen molar-refractivity contribution < 1.29 is 4.79 Å². The molecule has 1 rings (SSSR count). The van der Waals surface area contributed by atoms with Crippen LogP contribution in [0, 0.1) is 0 Å². The summed E-state index contributed by atoms with van der Waals surface area (Å²) in [7, 11) is 0. The standard InChI is InChI=1S/C8H14Cl2N2O/c9-7(10)5-12-8(13)6-3-1-2-4-11-6/h6-7,11H,1-5H2,(H,12,13)/t6-/m1/s1. The maximum Gasteiger partial charge on any atom is 0.237 e. The maximum atomic E-state index is 11.4. The fraction of sp³-hybridized carbons (Fsp3) is 0.875. The van der Waals surface area contributed by atoms with Crippen LogP contribution in [0.15, 0.2) is 0 Å². The predicted molar refractivity (Wildman–Crippen MR) is 54.1 cm³/mol. The highest BCUT2D eigenvalue weighted by Crippen LogP contribution is 2.07. The molecule has 0 bridgehead atoms. The van der Waals surface area contributed by atoms with Gasteiger partial charge in [-0.2, -0.15) is 0 Å². The Balaban J connectivity index is 2.21. The van der Waals surface area contributed by atoms with Gasteiger partial charge < -0.3 is 10.6 Å². The molecule has 5 heteroatoms. The Morgan fingerprint density at radius 2 is 2.31 bits per heavy atom. The number of piperidine rings is 1. The van der Waals surface area contributed by atoms with Gasteiger partial charge in [-0.05, 0) is 19.4 Å². The van der Waals surface area contributed by atoms with E-state index in [0.29, 0.717) is 6.54 Å². The first-order chi connectivity index (χ1) is 6.20. The van der Waals surface area contributed by atoms with Crippen molar-refractivity contribution >= 4 is 29.1 Å². The van der Waals surface area contributed by atoms with Crippen LogP contribution >= 0.6 is 23.2 Å². The van der Waals surface area contributed by atoms with Crippen molar-refractivity contribution in [2.75, 3.05) is 13.1 Å². The minimum atomic E-state index is -0.521. The van der Waals surface area contributed by atoms with Crippen LogP contribution in [-0.2, 0) is 4.79 Å². The number of nitrogens with one attached hydrogen (secondary N) is 2. The average Bonchev–Trinajstić information content (AvgIpc) is 2.15. The van der Waals surface area contributed by atoms with E-state index in [1.807, 2.05) is 0 Å². The van der Waals surface area contributed by atoms with Crippen LogP contribution in [0.25, 0.3) is 0 Å². The Morgan fingerprint density at radius 1 is 1.54 bits per heavy atom. The SMILES string of the molecule is O=C(NCC(Cl)Cl)[C@H]1CCCCN1. The lowest BCUT2D eigenvalue weighted by atomic mass is 10.0. The van der Waals surface area contributed by atoms with Crippen LogP contribution in [0.3, 0.4) is 0 Å². The number of hydrogen-bond acceptors (Lipinski definition) is 2. The van der Waals surface area contributed by atoms with Gasteiger partial charge in [0.05, 0.1) is 6.04 Å². The van der Waals surface area contributed by atoms with Gasteiger partial charge >= 0.3 is 0 Å². The van der Waals surface area contributed by atoms with Crippen molar-refractivity contribution in [3.8, 4) is 0 Å². The van der Waals surface area contributed by atoms with Crippen molar-refractivity contribution in [2.24, 2.45) is 0 Å². The zero-order valence-electron chi connectivity index (χ0n) is 7.35. The molecular formula is C8H14Cl2N2O. The minimum Gasteiger partial charge on any atom is -0.352 e. The molecule has 13 heavy (non-hydrogen) atoms. The largest absolute Gasteiger partial charge is 0.352 e. The number of carbonyl (C=O) groups excluding carboxylic acids is 1. The van der Waals surface area contributed by atoms with Crippen molar-refractivity contribution in [1.82, 2.24) is 10.6 Å². The molecule has 1 aliphatic heterocycles. The van der Waals surface area contributed by atoms with Gasteiger partial charge in [0, 0.05) is 6.54 Å². The second kappa shape index (κ2) is 5.68. The fourth-order valence-corrected chi connectivity index (χ4v) is 1.53. The molecule has 0 radical (unpaired) electrons. The zero-order valence-corrected chi connectivity index (χ0v) is 8.87. The van der Waals surface area contributed by atoms with Gasteiger partial charge in [0.1, 0.15) is 4.84 Å². The summed E-state index contributed by atoms with van der Waals surface area (Å²) in [4.78, 5) is 10.9. The quantitative estimate of drug-likeness (QED) is 0.705. The summed E-state index contributed by atoms with van der Waals surface area (Å²) in [5.74, 6) is 0.00556. The first kappa shape index (κ1) is 11.1. The molecule has 76 valence electrons. The second-order valence-corrected chi connectivity index (χ2v) is 4.42. The molecule has 2 N–H and O–H groups in total. The van der Waals surface area contributed by atoms with E-state index in [1.54, 1.807) is 0 Å².